The van der Waals surface area contributed by atoms with E-state index in [0.29, 0.717) is 170 Å². The van der Waals surface area contributed by atoms with Crippen molar-refractivity contribution in [3.63, 3.8) is 0 Å². The van der Waals surface area contributed by atoms with E-state index in [9.17, 15) is 106 Å². The maximum atomic E-state index is 13.7. The zero-order chi connectivity index (χ0) is 109. The van der Waals surface area contributed by atoms with Crippen molar-refractivity contribution in [2.45, 2.75) is 205 Å². The fraction of sp³-hybridized carbons (Fsp3) is 0.284. The molecule has 15 aromatic rings. The number of carbonyl (C=O) groups is 2. The Morgan fingerprint density at radius 1 is 0.315 bits per heavy atom. The zero-order valence-electron chi connectivity index (χ0n) is 83.7. The Balaban J connectivity index is 0.000000187. The molecule has 5 aromatic heterocycles. The van der Waals surface area contributed by atoms with Crippen LogP contribution in [0.5, 0.6) is 28.7 Å². The molecule has 0 atom stereocenters. The average molecular weight is 2070 g/mol. The standard InChI is InChI=1S/C25H30F3NO3Si.C25H28F3NO3Si.C19H13F3N2O2.C19H16F3NO3.C19H14F3NO3.C2H6/c2*1-15-22(16(2)31-29-15)23-18(14-30)12-19(25(26,27)28)13-21(23)17-8-10-20(11-9-17)32-33(6,7)24(3,4)5;1-10-17(11(2)26-24-10)18-13(9-23)7-14(19(20,21)22)8-16(18)12-3-5-15(25)6-4-12;2*1-10-17(11(2)26-23-10)18-13(9-24)7-14(19(20,21)22)8-16(18)12-3-5-15(25)6-4-12;1-2/h8-13,30H,14H2,1-7H3;8-14H,1-7H3;3-8,25H,1-2H3;3-8,24-25H,9H2,1-2H3;3-9,25H,1-2H3;1-2H3. The van der Waals surface area contributed by atoms with Crippen LogP contribution < -0.4 is 8.85 Å². The molecule has 5 N–H and O–H groups in total. The lowest BCUT2D eigenvalue weighted by Crippen LogP contribution is -2.43. The largest absolute Gasteiger partial charge is 0.544 e. The first-order chi connectivity index (χ1) is 68.0. The Kier molecular flexibility index (Phi) is 34.6. The number of aliphatic hydroxyl groups is 2. The SMILES string of the molecule is CC.Cc1noc(C)c1-c1c(C#N)cc(C(F)(F)F)cc1-c1ccc(O)cc1.Cc1noc(C)c1-c1c(C=O)cc(C(F)(F)F)cc1-c1ccc(O)cc1.Cc1noc(C)c1-c1c(C=O)cc(C(F)(F)F)cc1-c1ccc(O[Si](C)(C)C(C)(C)C)cc1.Cc1noc(C)c1-c1c(CO)cc(C(F)(F)F)cc1-c1ccc(O)cc1.Cc1noc(C)c1-c1c(CO)cc(C(F)(F)F)cc1-c1ccc(O[Si](C)(C)C(C)(C)C)cc1. The number of rotatable bonds is 18. The molecule has 0 spiro atoms. The second-order valence-electron chi connectivity index (χ2n) is 37.1. The Bertz CT molecular complexity index is 7140. The van der Waals surface area contributed by atoms with E-state index in [4.69, 9.17) is 31.5 Å². The fourth-order valence-electron chi connectivity index (χ4n) is 15.7. The monoisotopic (exact) mass is 2060 g/mol. The summed E-state index contributed by atoms with van der Waals surface area (Å²) < 4.78 is 240. The van der Waals surface area contributed by atoms with Gasteiger partial charge in [-0.15, -0.1) is 0 Å². The first-order valence-electron chi connectivity index (χ1n) is 45.4. The predicted molar refractivity (Wildman–Crippen MR) is 529 cm³/mol. The van der Waals surface area contributed by atoms with Crippen molar-refractivity contribution in [2.75, 3.05) is 0 Å². The summed E-state index contributed by atoms with van der Waals surface area (Å²) in [5, 5.41) is 77.1. The summed E-state index contributed by atoms with van der Waals surface area (Å²) in [5.74, 6) is 3.44. The number of phenolic OH excluding ortho intramolecular Hbond substituents is 3. The topological polar surface area (TPSA) is 308 Å². The van der Waals surface area contributed by atoms with E-state index >= 15 is 0 Å². The Morgan fingerprint density at radius 2 is 0.521 bits per heavy atom. The van der Waals surface area contributed by atoms with Gasteiger partial charge in [-0.1, -0.05) is 142 Å². The van der Waals surface area contributed by atoms with Gasteiger partial charge in [-0.25, -0.2) is 0 Å². The molecular weight excluding hydrogens is 1960 g/mol. The van der Waals surface area contributed by atoms with E-state index in [0.717, 1.165) is 60.7 Å². The minimum atomic E-state index is -4.61. The number of aromatic hydroxyl groups is 3. The summed E-state index contributed by atoms with van der Waals surface area (Å²) in [4.78, 5) is 23.5. The second-order valence-corrected chi connectivity index (χ2v) is 46.6. The van der Waals surface area contributed by atoms with Gasteiger partial charge in [0.2, 0.25) is 16.6 Å². The van der Waals surface area contributed by atoms with Gasteiger partial charge in [0.25, 0.3) is 0 Å². The molecule has 0 saturated heterocycles. The minimum Gasteiger partial charge on any atom is -0.544 e. The Morgan fingerprint density at radius 3 is 0.726 bits per heavy atom. The summed E-state index contributed by atoms with van der Waals surface area (Å²) in [6.07, 6.45) is -22.1. The molecule has 0 saturated carbocycles. The maximum absolute atomic E-state index is 13.7. The number of aliphatic hydroxyl groups excluding tert-OH is 2. The van der Waals surface area contributed by atoms with Crippen molar-refractivity contribution in [1.29, 1.82) is 5.26 Å². The highest BCUT2D eigenvalue weighted by Gasteiger charge is 2.43. The van der Waals surface area contributed by atoms with E-state index in [1.807, 2.05) is 19.9 Å². The van der Waals surface area contributed by atoms with Crippen molar-refractivity contribution < 1.29 is 132 Å². The summed E-state index contributed by atoms with van der Waals surface area (Å²) >= 11 is 0. The highest BCUT2D eigenvalue weighted by atomic mass is 28.4. The van der Waals surface area contributed by atoms with E-state index in [1.165, 1.54) is 72.8 Å². The minimum absolute atomic E-state index is 0.00185. The number of hydrogen-bond donors (Lipinski definition) is 5. The van der Waals surface area contributed by atoms with Crippen LogP contribution in [0.4, 0.5) is 65.9 Å². The van der Waals surface area contributed by atoms with Gasteiger partial charge in [0, 0.05) is 66.8 Å². The van der Waals surface area contributed by atoms with Gasteiger partial charge in [0.1, 0.15) is 57.5 Å². The number of aldehydes is 2. The van der Waals surface area contributed by atoms with Crippen LogP contribution in [0.1, 0.15) is 178 Å². The number of nitriles is 1. The van der Waals surface area contributed by atoms with Crippen molar-refractivity contribution >= 4 is 29.2 Å². The number of carbonyl (C=O) groups excluding carboxylic acids is 2. The van der Waals surface area contributed by atoms with Crippen molar-refractivity contribution in [3.05, 3.63) is 295 Å². The average Bonchev–Trinajstić information content (AvgIpc) is 1.41. The number of hydrogen-bond acceptors (Lipinski definition) is 20. The Labute approximate surface area is 834 Å². The van der Waals surface area contributed by atoms with Gasteiger partial charge in [0.05, 0.1) is 81.1 Å². The summed E-state index contributed by atoms with van der Waals surface area (Å²) in [5.41, 5.74) is 6.31. The third kappa shape index (κ3) is 25.6. The van der Waals surface area contributed by atoms with Crippen molar-refractivity contribution in [1.82, 2.24) is 25.8 Å². The number of halogens is 15. The normalized spacial score (nSPS) is 12.0. The van der Waals surface area contributed by atoms with Gasteiger partial charge < -0.3 is 57.0 Å². The van der Waals surface area contributed by atoms with E-state index in [1.54, 1.807) is 118 Å². The van der Waals surface area contributed by atoms with Gasteiger partial charge in [-0.3, -0.25) is 9.59 Å². The number of aromatic nitrogens is 5. The molecule has 770 valence electrons. The third-order valence-electron chi connectivity index (χ3n) is 24.9. The highest BCUT2D eigenvalue weighted by Crippen LogP contribution is 2.52. The van der Waals surface area contributed by atoms with Crippen LogP contribution in [0.2, 0.25) is 36.3 Å². The number of benzene rings is 10. The third-order valence-corrected chi connectivity index (χ3v) is 33.6. The van der Waals surface area contributed by atoms with Gasteiger partial charge in [-0.2, -0.15) is 71.1 Å². The molecule has 0 aliphatic heterocycles. The number of aryl methyl sites for hydroxylation is 10. The molecule has 5 heterocycles. The summed E-state index contributed by atoms with van der Waals surface area (Å²) in [6, 6.07) is 42.8. The second kappa shape index (κ2) is 44.5. The smallest absolute Gasteiger partial charge is 0.416 e. The Hall–Kier alpha value is -14.6. The lowest BCUT2D eigenvalue weighted by molar-refractivity contribution is -0.138. The van der Waals surface area contributed by atoms with Crippen molar-refractivity contribution in [3.8, 4) is 146 Å². The van der Waals surface area contributed by atoms with Crippen LogP contribution in [-0.2, 0) is 44.1 Å². The number of phenols is 3. The fourth-order valence-corrected chi connectivity index (χ4v) is 17.8. The van der Waals surface area contributed by atoms with Gasteiger partial charge >= 0.3 is 30.9 Å². The zero-order valence-corrected chi connectivity index (χ0v) is 85.7. The molecule has 0 unspecified atom stereocenters. The molecule has 0 fully saturated rings. The lowest BCUT2D eigenvalue weighted by Gasteiger charge is -2.36. The summed E-state index contributed by atoms with van der Waals surface area (Å²) in [6.45, 7) is 40.9. The molecule has 10 aromatic carbocycles. The number of alkyl halides is 15. The van der Waals surface area contributed by atoms with Gasteiger partial charge in [0.15, 0.2) is 12.6 Å². The van der Waals surface area contributed by atoms with Crippen molar-refractivity contribution in [2.24, 2.45) is 0 Å². The van der Waals surface area contributed by atoms with Gasteiger partial charge in [-0.05, 0) is 294 Å². The van der Waals surface area contributed by atoms with Crippen LogP contribution in [0.3, 0.4) is 0 Å². The molecule has 20 nitrogen and oxygen atoms in total. The van der Waals surface area contributed by atoms with Crippen LogP contribution in [0.15, 0.2) is 205 Å². The predicted octanol–water partition coefficient (Wildman–Crippen LogP) is 31.6. The molecular formula is C109H107F15N6O14Si2. The van der Waals surface area contributed by atoms with E-state index in [2.05, 4.69) is 93.5 Å². The summed E-state index contributed by atoms with van der Waals surface area (Å²) in [7, 11) is -4.14. The molecule has 0 amide bonds. The molecule has 0 aliphatic rings. The molecule has 37 heteroatoms. The van der Waals surface area contributed by atoms with Crippen LogP contribution >= 0.6 is 0 Å². The lowest BCUT2D eigenvalue weighted by atomic mass is 9.88. The first-order valence-corrected chi connectivity index (χ1v) is 51.2. The first kappa shape index (κ1) is 113. The molecule has 0 aliphatic carbocycles. The van der Waals surface area contributed by atoms with E-state index in [-0.39, 0.29) is 77.4 Å². The van der Waals surface area contributed by atoms with Crippen LogP contribution in [0, 0.1) is 80.6 Å². The maximum Gasteiger partial charge on any atom is 0.416 e. The molecule has 146 heavy (non-hydrogen) atoms. The molecule has 0 radical (unpaired) electrons. The number of nitrogens with zero attached hydrogens (tertiary/aromatic N) is 6. The quantitative estimate of drug-likeness (QED) is 0.0303. The van der Waals surface area contributed by atoms with Crippen LogP contribution in [-0.4, -0.2) is 80.5 Å². The molecule has 0 bridgehead atoms. The van der Waals surface area contributed by atoms with Crippen LogP contribution in [0.25, 0.3) is 111 Å². The highest BCUT2D eigenvalue weighted by molar-refractivity contribution is 6.75. The molecule has 15 rings (SSSR count). The van der Waals surface area contributed by atoms with E-state index < -0.39 is 88.5 Å².